The van der Waals surface area contributed by atoms with Crippen molar-refractivity contribution in [2.45, 2.75) is 19.1 Å². The van der Waals surface area contributed by atoms with Gasteiger partial charge in [-0.1, -0.05) is 36.4 Å². The molecule has 0 unspecified atom stereocenters. The smallest absolute Gasteiger partial charge is 0.317 e. The van der Waals surface area contributed by atoms with E-state index >= 15 is 0 Å². The van der Waals surface area contributed by atoms with Crippen molar-refractivity contribution in [3.05, 3.63) is 60.3 Å². The van der Waals surface area contributed by atoms with Gasteiger partial charge in [-0.25, -0.2) is 9.78 Å². The monoisotopic (exact) mass is 297 g/mol. The molecule has 1 aromatic heterocycles. The number of nitrogens with one attached hydrogen (secondary N) is 1. The second kappa shape index (κ2) is 6.93. The molecule has 1 fully saturated rings. The molecule has 1 atom stereocenters. The van der Waals surface area contributed by atoms with E-state index < -0.39 is 0 Å². The Bertz CT molecular complexity index is 604. The first-order valence-electron chi connectivity index (χ1n) is 7.45. The molecule has 5 nitrogen and oxygen atoms in total. The summed E-state index contributed by atoms with van der Waals surface area (Å²) in [6, 6.07) is 15.4. The van der Waals surface area contributed by atoms with Crippen molar-refractivity contribution in [1.29, 1.82) is 0 Å². The number of hydrogen-bond acceptors (Lipinski definition) is 3. The highest BCUT2D eigenvalue weighted by atomic mass is 16.5. The number of amides is 2. The summed E-state index contributed by atoms with van der Waals surface area (Å²) < 4.78 is 5.79. The molecule has 0 aliphatic carbocycles. The molecule has 1 aromatic carbocycles. The van der Waals surface area contributed by atoms with Crippen LogP contribution < -0.4 is 10.1 Å². The van der Waals surface area contributed by atoms with Gasteiger partial charge in [-0.15, -0.1) is 0 Å². The first-order valence-corrected chi connectivity index (χ1v) is 7.45. The molecule has 1 aliphatic heterocycles. The van der Waals surface area contributed by atoms with E-state index in [9.17, 15) is 4.79 Å². The normalized spacial score (nSPS) is 17.3. The van der Waals surface area contributed by atoms with Crippen LogP contribution in [0.1, 0.15) is 12.0 Å². The molecule has 0 bridgehead atoms. The van der Waals surface area contributed by atoms with Crippen LogP contribution in [0.5, 0.6) is 5.88 Å². The Hall–Kier alpha value is -2.56. The van der Waals surface area contributed by atoms with Gasteiger partial charge < -0.3 is 15.0 Å². The minimum absolute atomic E-state index is 0.0115. The van der Waals surface area contributed by atoms with Crippen molar-refractivity contribution < 1.29 is 9.53 Å². The van der Waals surface area contributed by atoms with Gasteiger partial charge in [0.2, 0.25) is 5.88 Å². The molecule has 2 aromatic rings. The fourth-order valence-electron chi connectivity index (χ4n) is 2.48. The van der Waals surface area contributed by atoms with Gasteiger partial charge in [0, 0.05) is 31.8 Å². The van der Waals surface area contributed by atoms with Gasteiger partial charge in [0.25, 0.3) is 0 Å². The lowest BCUT2D eigenvalue weighted by Crippen LogP contribution is -2.39. The maximum Gasteiger partial charge on any atom is 0.317 e. The van der Waals surface area contributed by atoms with Crippen LogP contribution in [0.25, 0.3) is 0 Å². The zero-order valence-corrected chi connectivity index (χ0v) is 12.3. The molecule has 1 saturated heterocycles. The average Bonchev–Trinajstić information content (AvgIpc) is 3.03. The maximum atomic E-state index is 12.2. The topological polar surface area (TPSA) is 54.5 Å². The third-order valence-electron chi connectivity index (χ3n) is 3.64. The summed E-state index contributed by atoms with van der Waals surface area (Å²) in [4.78, 5) is 18.1. The highest BCUT2D eigenvalue weighted by molar-refractivity contribution is 5.74. The number of rotatable bonds is 4. The number of benzene rings is 1. The Morgan fingerprint density at radius 3 is 2.82 bits per heavy atom. The van der Waals surface area contributed by atoms with Crippen molar-refractivity contribution in [2.75, 3.05) is 13.1 Å². The minimum Gasteiger partial charge on any atom is -0.472 e. The van der Waals surface area contributed by atoms with Gasteiger partial charge in [-0.05, 0) is 11.6 Å². The van der Waals surface area contributed by atoms with Crippen molar-refractivity contribution in [2.24, 2.45) is 0 Å². The van der Waals surface area contributed by atoms with E-state index in [2.05, 4.69) is 10.3 Å². The molecule has 0 saturated carbocycles. The SMILES string of the molecule is O=C(NCc1ccccc1)N1CC[C@@H](Oc2ccccn2)C1. The number of carbonyl (C=O) groups is 1. The lowest BCUT2D eigenvalue weighted by Gasteiger charge is -2.17. The summed E-state index contributed by atoms with van der Waals surface area (Å²) in [5.41, 5.74) is 1.09. The van der Waals surface area contributed by atoms with Gasteiger partial charge in [-0.3, -0.25) is 0 Å². The fourth-order valence-corrected chi connectivity index (χ4v) is 2.48. The average molecular weight is 297 g/mol. The van der Waals surface area contributed by atoms with E-state index in [1.807, 2.05) is 48.5 Å². The molecule has 2 heterocycles. The summed E-state index contributed by atoms with van der Waals surface area (Å²) in [7, 11) is 0. The van der Waals surface area contributed by atoms with Crippen molar-refractivity contribution in [1.82, 2.24) is 15.2 Å². The lowest BCUT2D eigenvalue weighted by atomic mass is 10.2. The highest BCUT2D eigenvalue weighted by Crippen LogP contribution is 2.16. The Morgan fingerprint density at radius 2 is 2.05 bits per heavy atom. The number of urea groups is 1. The second-order valence-corrected chi connectivity index (χ2v) is 5.29. The maximum absolute atomic E-state index is 12.2. The summed E-state index contributed by atoms with van der Waals surface area (Å²) in [6.45, 7) is 1.84. The van der Waals surface area contributed by atoms with Gasteiger partial charge in [0.05, 0.1) is 6.54 Å². The quantitative estimate of drug-likeness (QED) is 0.943. The second-order valence-electron chi connectivity index (χ2n) is 5.29. The number of pyridine rings is 1. The number of aromatic nitrogens is 1. The molecule has 5 heteroatoms. The molecule has 2 amide bonds. The van der Waals surface area contributed by atoms with Crippen LogP contribution in [-0.4, -0.2) is 35.1 Å². The summed E-state index contributed by atoms with van der Waals surface area (Å²) in [5, 5.41) is 2.94. The van der Waals surface area contributed by atoms with E-state index in [4.69, 9.17) is 4.74 Å². The molecular weight excluding hydrogens is 278 g/mol. The van der Waals surface area contributed by atoms with Gasteiger partial charge in [0.15, 0.2) is 0 Å². The predicted octanol–water partition coefficient (Wildman–Crippen LogP) is 2.44. The number of nitrogens with zero attached hydrogens (tertiary/aromatic N) is 2. The van der Waals surface area contributed by atoms with E-state index in [-0.39, 0.29) is 12.1 Å². The molecule has 22 heavy (non-hydrogen) atoms. The van der Waals surface area contributed by atoms with Gasteiger partial charge in [-0.2, -0.15) is 0 Å². The van der Waals surface area contributed by atoms with Crippen molar-refractivity contribution in [3.8, 4) is 5.88 Å². The van der Waals surface area contributed by atoms with E-state index in [0.29, 0.717) is 25.5 Å². The molecule has 3 rings (SSSR count). The van der Waals surface area contributed by atoms with Crippen LogP contribution in [-0.2, 0) is 6.54 Å². The molecule has 1 N–H and O–H groups in total. The first kappa shape index (κ1) is 14.4. The van der Waals surface area contributed by atoms with E-state index in [0.717, 1.165) is 12.0 Å². The molecule has 0 radical (unpaired) electrons. The largest absolute Gasteiger partial charge is 0.472 e. The lowest BCUT2D eigenvalue weighted by molar-refractivity contribution is 0.183. The van der Waals surface area contributed by atoms with Crippen LogP contribution in [0.3, 0.4) is 0 Å². The summed E-state index contributed by atoms with van der Waals surface area (Å²) in [5.74, 6) is 0.610. The zero-order chi connectivity index (χ0) is 15.2. The Balaban J connectivity index is 1.46. The van der Waals surface area contributed by atoms with Crippen LogP contribution in [0.15, 0.2) is 54.7 Å². The van der Waals surface area contributed by atoms with Crippen molar-refractivity contribution in [3.63, 3.8) is 0 Å². The van der Waals surface area contributed by atoms with Crippen LogP contribution in [0, 0.1) is 0 Å². The number of carbonyl (C=O) groups excluding carboxylic acids is 1. The van der Waals surface area contributed by atoms with Crippen molar-refractivity contribution >= 4 is 6.03 Å². The fraction of sp³-hybridized carbons (Fsp3) is 0.294. The van der Waals surface area contributed by atoms with Gasteiger partial charge in [0.1, 0.15) is 6.10 Å². The van der Waals surface area contributed by atoms with E-state index in [1.54, 1.807) is 11.1 Å². The summed E-state index contributed by atoms with van der Waals surface area (Å²) >= 11 is 0. The van der Waals surface area contributed by atoms with Crippen LogP contribution >= 0.6 is 0 Å². The molecule has 114 valence electrons. The van der Waals surface area contributed by atoms with Crippen LogP contribution in [0.4, 0.5) is 4.79 Å². The standard InChI is InChI=1S/C17H19N3O2/c21-17(19-12-14-6-2-1-3-7-14)20-11-9-15(13-20)22-16-8-4-5-10-18-16/h1-8,10,15H,9,11-13H2,(H,19,21)/t15-/m1/s1. The third kappa shape index (κ3) is 3.75. The Kier molecular flexibility index (Phi) is 4.53. The molecule has 0 spiro atoms. The van der Waals surface area contributed by atoms with E-state index in [1.165, 1.54) is 0 Å². The van der Waals surface area contributed by atoms with Crippen LogP contribution in [0.2, 0.25) is 0 Å². The Morgan fingerprint density at radius 1 is 1.23 bits per heavy atom. The minimum atomic E-state index is -0.0454. The first-order chi connectivity index (χ1) is 10.8. The Labute approximate surface area is 129 Å². The highest BCUT2D eigenvalue weighted by Gasteiger charge is 2.27. The number of ether oxygens (including phenoxy) is 1. The zero-order valence-electron chi connectivity index (χ0n) is 12.3. The molecular formula is C17H19N3O2. The van der Waals surface area contributed by atoms with Gasteiger partial charge >= 0.3 is 6.03 Å². The molecule has 1 aliphatic rings. The number of likely N-dealkylation sites (tertiary alicyclic amines) is 1. The predicted molar refractivity (Wildman–Crippen MR) is 83.5 cm³/mol. The number of hydrogen-bond donors (Lipinski definition) is 1. The summed E-state index contributed by atoms with van der Waals surface area (Å²) in [6.07, 6.45) is 2.54. The third-order valence-corrected chi connectivity index (χ3v) is 3.64.